The second-order valence-corrected chi connectivity index (χ2v) is 6.05. The summed E-state index contributed by atoms with van der Waals surface area (Å²) in [6.45, 7) is 2.08. The molecule has 0 radical (unpaired) electrons. The van der Waals surface area contributed by atoms with Crippen molar-refractivity contribution in [3.8, 4) is 0 Å². The molecule has 22 heavy (non-hydrogen) atoms. The molecule has 0 aliphatic rings. The summed E-state index contributed by atoms with van der Waals surface area (Å²) < 4.78 is 0. The maximum atomic E-state index is 12.0. The van der Waals surface area contributed by atoms with Crippen LogP contribution in [0.25, 0.3) is 0 Å². The summed E-state index contributed by atoms with van der Waals surface area (Å²) in [5.41, 5.74) is 1.43. The van der Waals surface area contributed by atoms with Crippen LogP contribution in [0.5, 0.6) is 0 Å². The van der Waals surface area contributed by atoms with E-state index in [9.17, 15) is 4.79 Å². The lowest BCUT2D eigenvalue weighted by atomic mass is 10.1. The lowest BCUT2D eigenvalue weighted by Gasteiger charge is -2.15. The molecule has 0 fully saturated rings. The minimum absolute atomic E-state index is 0.0470. The molecule has 116 valence electrons. The van der Waals surface area contributed by atoms with Gasteiger partial charge in [-0.15, -0.1) is 0 Å². The molecule has 0 saturated heterocycles. The van der Waals surface area contributed by atoms with Gasteiger partial charge in [0.15, 0.2) is 0 Å². The molecule has 2 aromatic carbocycles. The van der Waals surface area contributed by atoms with Gasteiger partial charge in [0.25, 0.3) is 0 Å². The highest BCUT2D eigenvalue weighted by Gasteiger charge is 2.11. The van der Waals surface area contributed by atoms with Crippen molar-refractivity contribution < 1.29 is 4.79 Å². The first-order chi connectivity index (χ1) is 10.5. The molecule has 0 heterocycles. The lowest BCUT2D eigenvalue weighted by molar-refractivity contribution is -0.115. The maximum Gasteiger partial charge on any atom is 0.238 e. The molecule has 0 spiro atoms. The fourth-order valence-electron chi connectivity index (χ4n) is 1.97. The van der Waals surface area contributed by atoms with Gasteiger partial charge in [0.05, 0.1) is 17.3 Å². The second-order valence-electron chi connectivity index (χ2n) is 4.80. The molecule has 1 atom stereocenters. The molecular formula is C16H15Cl3N2O. The fourth-order valence-corrected chi connectivity index (χ4v) is 2.61. The maximum absolute atomic E-state index is 12.0. The summed E-state index contributed by atoms with van der Waals surface area (Å²) in [4.78, 5) is 12.0. The zero-order valence-electron chi connectivity index (χ0n) is 11.9. The van der Waals surface area contributed by atoms with E-state index in [-0.39, 0.29) is 18.5 Å². The summed E-state index contributed by atoms with van der Waals surface area (Å²) in [5, 5.41) is 7.46. The van der Waals surface area contributed by atoms with Crippen LogP contribution in [0.2, 0.25) is 15.1 Å². The Morgan fingerprint density at radius 2 is 1.82 bits per heavy atom. The van der Waals surface area contributed by atoms with Crippen LogP contribution in [0.1, 0.15) is 18.5 Å². The number of hydrogen-bond acceptors (Lipinski definition) is 2. The molecule has 0 aromatic heterocycles. The van der Waals surface area contributed by atoms with Gasteiger partial charge in [0.2, 0.25) is 5.91 Å². The summed E-state index contributed by atoms with van der Waals surface area (Å²) in [5.74, 6) is -0.205. The number of rotatable bonds is 5. The fraction of sp³-hybridized carbons (Fsp3) is 0.188. The Bertz CT molecular complexity index is 676. The molecule has 0 aliphatic heterocycles. The summed E-state index contributed by atoms with van der Waals surface area (Å²) >= 11 is 18.0. The zero-order valence-corrected chi connectivity index (χ0v) is 14.1. The normalized spacial score (nSPS) is 12.0. The molecular weight excluding hydrogens is 343 g/mol. The first-order valence-electron chi connectivity index (χ1n) is 6.70. The highest BCUT2D eigenvalue weighted by atomic mass is 35.5. The number of halogens is 3. The van der Waals surface area contributed by atoms with Crippen molar-refractivity contribution in [3.05, 3.63) is 63.1 Å². The Balaban J connectivity index is 1.93. The van der Waals surface area contributed by atoms with E-state index in [1.807, 2.05) is 31.2 Å². The average molecular weight is 358 g/mol. The molecule has 0 aliphatic carbocycles. The summed E-state index contributed by atoms with van der Waals surface area (Å²) in [6.07, 6.45) is 0. The van der Waals surface area contributed by atoms with Gasteiger partial charge < -0.3 is 10.6 Å². The molecule has 0 saturated carbocycles. The number of carbonyl (C=O) groups excluding carboxylic acids is 1. The second kappa shape index (κ2) is 7.84. The van der Waals surface area contributed by atoms with Crippen molar-refractivity contribution in [2.75, 3.05) is 11.9 Å². The van der Waals surface area contributed by atoms with Crippen LogP contribution < -0.4 is 10.6 Å². The van der Waals surface area contributed by atoms with Crippen LogP contribution in [-0.2, 0) is 4.79 Å². The third-order valence-corrected chi connectivity index (χ3v) is 4.05. The monoisotopic (exact) mass is 356 g/mol. The molecule has 0 unspecified atom stereocenters. The van der Waals surface area contributed by atoms with Gasteiger partial charge in [-0.1, -0.05) is 53.0 Å². The van der Waals surface area contributed by atoms with E-state index < -0.39 is 0 Å². The van der Waals surface area contributed by atoms with E-state index in [0.29, 0.717) is 20.8 Å². The van der Waals surface area contributed by atoms with Crippen LogP contribution >= 0.6 is 34.8 Å². The third-order valence-electron chi connectivity index (χ3n) is 3.14. The summed E-state index contributed by atoms with van der Waals surface area (Å²) in [7, 11) is 0. The molecule has 1 amide bonds. The van der Waals surface area contributed by atoms with Crippen molar-refractivity contribution >= 4 is 46.4 Å². The highest BCUT2D eigenvalue weighted by Crippen LogP contribution is 2.25. The minimum atomic E-state index is -0.205. The first-order valence-corrected chi connectivity index (χ1v) is 7.83. The number of carbonyl (C=O) groups is 1. The van der Waals surface area contributed by atoms with Crippen molar-refractivity contribution in [2.24, 2.45) is 0 Å². The zero-order chi connectivity index (χ0) is 16.1. The van der Waals surface area contributed by atoms with Crippen LogP contribution in [0.15, 0.2) is 42.5 Å². The van der Waals surface area contributed by atoms with Crippen molar-refractivity contribution in [1.29, 1.82) is 0 Å². The Morgan fingerprint density at radius 1 is 1.09 bits per heavy atom. The van der Waals surface area contributed by atoms with Gasteiger partial charge in [-0.25, -0.2) is 0 Å². The predicted molar refractivity (Wildman–Crippen MR) is 93.0 cm³/mol. The largest absolute Gasteiger partial charge is 0.324 e. The predicted octanol–water partition coefficient (Wildman–Crippen LogP) is 4.94. The molecule has 2 aromatic rings. The highest BCUT2D eigenvalue weighted by molar-refractivity contribution is 6.35. The van der Waals surface area contributed by atoms with E-state index >= 15 is 0 Å². The SMILES string of the molecule is C[C@@H](NCC(=O)Nc1cc(Cl)ccc1Cl)c1ccccc1Cl. The topological polar surface area (TPSA) is 41.1 Å². The standard InChI is InChI=1S/C16H15Cl3N2O/c1-10(12-4-2-3-5-13(12)18)20-9-16(22)21-15-8-11(17)6-7-14(15)19/h2-8,10,20H,9H2,1H3,(H,21,22)/t10-/m1/s1. The van der Waals surface area contributed by atoms with Gasteiger partial charge in [-0.3, -0.25) is 4.79 Å². The van der Waals surface area contributed by atoms with E-state index in [2.05, 4.69) is 10.6 Å². The first kappa shape index (κ1) is 17.1. The quantitative estimate of drug-likeness (QED) is 0.796. The van der Waals surface area contributed by atoms with Crippen molar-refractivity contribution in [3.63, 3.8) is 0 Å². The Hall–Kier alpha value is -1.26. The molecule has 3 nitrogen and oxygen atoms in total. The van der Waals surface area contributed by atoms with Crippen molar-refractivity contribution in [1.82, 2.24) is 5.32 Å². The average Bonchev–Trinajstić information content (AvgIpc) is 2.49. The van der Waals surface area contributed by atoms with Crippen LogP contribution in [-0.4, -0.2) is 12.5 Å². The molecule has 2 N–H and O–H groups in total. The van der Waals surface area contributed by atoms with Gasteiger partial charge in [-0.2, -0.15) is 0 Å². The van der Waals surface area contributed by atoms with Gasteiger partial charge in [0.1, 0.15) is 0 Å². The smallest absolute Gasteiger partial charge is 0.238 e. The van der Waals surface area contributed by atoms with E-state index in [0.717, 1.165) is 5.56 Å². The lowest BCUT2D eigenvalue weighted by Crippen LogP contribution is -2.30. The number of amides is 1. The van der Waals surface area contributed by atoms with Gasteiger partial charge in [-0.05, 0) is 36.8 Å². The molecule has 0 bridgehead atoms. The Kier molecular flexibility index (Phi) is 6.09. The van der Waals surface area contributed by atoms with E-state index in [4.69, 9.17) is 34.8 Å². The van der Waals surface area contributed by atoms with Crippen LogP contribution in [0.4, 0.5) is 5.69 Å². The Labute approximate surface area is 144 Å². The summed E-state index contributed by atoms with van der Waals surface area (Å²) in [6, 6.07) is 12.4. The minimum Gasteiger partial charge on any atom is -0.324 e. The van der Waals surface area contributed by atoms with E-state index in [1.54, 1.807) is 18.2 Å². The van der Waals surface area contributed by atoms with Gasteiger partial charge >= 0.3 is 0 Å². The third kappa shape index (κ3) is 4.62. The number of nitrogens with one attached hydrogen (secondary N) is 2. The Morgan fingerprint density at radius 3 is 2.55 bits per heavy atom. The number of hydrogen-bond donors (Lipinski definition) is 2. The van der Waals surface area contributed by atoms with Crippen LogP contribution in [0, 0.1) is 0 Å². The molecule has 2 rings (SSSR count). The van der Waals surface area contributed by atoms with Crippen LogP contribution in [0.3, 0.4) is 0 Å². The van der Waals surface area contributed by atoms with Gasteiger partial charge in [0, 0.05) is 16.1 Å². The number of benzene rings is 2. The van der Waals surface area contributed by atoms with Crippen molar-refractivity contribution in [2.45, 2.75) is 13.0 Å². The van der Waals surface area contributed by atoms with E-state index in [1.165, 1.54) is 0 Å². The number of anilines is 1. The molecule has 6 heteroatoms.